The molecule has 3 heterocycles. The number of carbonyl (C=O) groups excluding carboxylic acids is 1. The van der Waals surface area contributed by atoms with Crippen LogP contribution >= 0.6 is 0 Å². The van der Waals surface area contributed by atoms with Gasteiger partial charge in [0.1, 0.15) is 36.6 Å². The fraction of sp³-hybridized carbons (Fsp3) is 0.466. The van der Waals surface area contributed by atoms with Crippen molar-refractivity contribution in [3.8, 4) is 0 Å². The molecule has 0 N–H and O–H groups in total. The molecule has 3 saturated heterocycles. The van der Waals surface area contributed by atoms with Gasteiger partial charge in [-0.1, -0.05) is 160 Å². The number of ether oxygens (including phenoxy) is 11. The minimum atomic E-state index is -3.08. The lowest BCUT2D eigenvalue weighted by Gasteiger charge is -2.61. The summed E-state index contributed by atoms with van der Waals surface area (Å²) in [6.45, 7) is 9.04. The van der Waals surface area contributed by atoms with Crippen molar-refractivity contribution in [2.45, 2.75) is 145 Å². The topological polar surface area (TPSA) is 128 Å². The van der Waals surface area contributed by atoms with Crippen molar-refractivity contribution in [2.24, 2.45) is 0 Å². The maximum atomic E-state index is 13.9. The van der Waals surface area contributed by atoms with Crippen LogP contribution in [0.4, 0.5) is 0 Å². The van der Waals surface area contributed by atoms with Gasteiger partial charge in [0.15, 0.2) is 18.7 Å². The molecule has 0 radical (unpaired) electrons. The Morgan fingerprint density at radius 2 is 1.08 bits per heavy atom. The van der Waals surface area contributed by atoms with E-state index < -0.39 is 87.3 Å². The van der Waals surface area contributed by atoms with Crippen molar-refractivity contribution < 1.29 is 61.3 Å². The summed E-state index contributed by atoms with van der Waals surface area (Å²) >= 11 is 0. The van der Waals surface area contributed by atoms with Gasteiger partial charge in [-0.2, -0.15) is 0 Å². The van der Waals surface area contributed by atoms with E-state index >= 15 is 0 Å². The monoisotopic (exact) mass is 1000 g/mol. The third-order valence-corrected chi connectivity index (χ3v) is 19.7. The molecule has 0 spiro atoms. The van der Waals surface area contributed by atoms with E-state index in [9.17, 15) is 4.79 Å². The minimum Gasteiger partial charge on any atom is -0.453 e. The number of hydrogen-bond acceptors (Lipinski definition) is 13. The minimum absolute atomic E-state index is 0.119. The molecule has 12 atom stereocenters. The maximum absolute atomic E-state index is 13.9. The Morgan fingerprint density at radius 1 is 0.597 bits per heavy atom. The molecule has 1 aliphatic carbocycles. The van der Waals surface area contributed by atoms with Gasteiger partial charge in [-0.3, -0.25) is 0 Å². The van der Waals surface area contributed by atoms with Crippen LogP contribution in [0.1, 0.15) is 74.9 Å². The SMILES string of the molecule is CO[C@H]1O[C@H](CO[Si](c2ccccc2)(c2ccccc2)C(C)(C)C)[C@H]2O[C@@]3(OC)CCCC[C@]3(OC)O[C@@H]2[C@@H]1O[C@@H]1O[C@@H](C)[C@H](OC(=O)c2ccccc2)[C@@H](OCc2ccccc2)[C@H]1OCc1ccccc1. The van der Waals surface area contributed by atoms with Crippen molar-refractivity contribution in [3.63, 3.8) is 0 Å². The zero-order chi connectivity index (χ0) is 50.4. The highest BCUT2D eigenvalue weighted by molar-refractivity contribution is 6.99. The summed E-state index contributed by atoms with van der Waals surface area (Å²) in [5.41, 5.74) is 2.23. The number of fused-ring (bicyclic) bond motifs is 2. The van der Waals surface area contributed by atoms with Crippen LogP contribution in [0.2, 0.25) is 5.04 Å². The molecule has 72 heavy (non-hydrogen) atoms. The first-order chi connectivity index (χ1) is 34.9. The predicted molar refractivity (Wildman–Crippen MR) is 272 cm³/mol. The van der Waals surface area contributed by atoms with E-state index in [0.717, 1.165) is 34.3 Å². The van der Waals surface area contributed by atoms with E-state index in [-0.39, 0.29) is 24.9 Å². The molecule has 0 amide bonds. The van der Waals surface area contributed by atoms with Gasteiger partial charge in [-0.15, -0.1) is 0 Å². The van der Waals surface area contributed by atoms with Crippen LogP contribution in [-0.4, -0.2) is 115 Å². The van der Waals surface area contributed by atoms with E-state index in [1.165, 1.54) is 0 Å². The molecule has 14 heteroatoms. The molecule has 4 fully saturated rings. The van der Waals surface area contributed by atoms with Crippen LogP contribution in [0.3, 0.4) is 0 Å². The largest absolute Gasteiger partial charge is 0.453 e. The van der Waals surface area contributed by atoms with Crippen molar-refractivity contribution in [1.29, 1.82) is 0 Å². The lowest BCUT2D eigenvalue weighted by Crippen LogP contribution is -2.76. The Labute approximate surface area is 425 Å². The molecular formula is C58H70O13Si. The average Bonchev–Trinajstić information content (AvgIpc) is 3.41. The smallest absolute Gasteiger partial charge is 0.338 e. The van der Waals surface area contributed by atoms with Gasteiger partial charge in [0, 0.05) is 34.2 Å². The van der Waals surface area contributed by atoms with E-state index in [2.05, 4.69) is 69.3 Å². The standard InChI is InChI=1S/C58H70O13Si/c1-40-47(68-53(59)43-29-17-10-18-30-43)49(63-37-41-25-13-8-14-26-41)51(64-38-42-27-15-9-16-28-42)55(66-40)69-52-50-48(70-57(61-6)35-23-24-36-58(57,62-7)71-50)46(67-54(52)60-5)39-65-72(56(2,3)4,44-31-19-11-20-32-44)45-33-21-12-22-34-45/h8-22,25-34,40,46-52,54-55H,23-24,35-39H2,1-7H3/t40-,46+,47-,48+,49+,50-,51+,52-,54-,55-,57-,58-/m0/s1. The first-order valence-corrected chi connectivity index (χ1v) is 27.1. The fourth-order valence-electron chi connectivity index (χ4n) is 11.1. The Bertz CT molecular complexity index is 2430. The highest BCUT2D eigenvalue weighted by atomic mass is 28.4. The van der Waals surface area contributed by atoms with Crippen molar-refractivity contribution >= 4 is 24.7 Å². The number of methoxy groups -OCH3 is 3. The fourth-order valence-corrected chi connectivity index (χ4v) is 15.7. The Balaban J connectivity index is 1.09. The normalized spacial score (nSPS) is 30.7. The lowest BCUT2D eigenvalue weighted by molar-refractivity contribution is -0.501. The molecule has 13 nitrogen and oxygen atoms in total. The van der Waals surface area contributed by atoms with Crippen molar-refractivity contribution in [3.05, 3.63) is 168 Å². The van der Waals surface area contributed by atoms with E-state index in [1.807, 2.05) is 85.8 Å². The molecule has 5 aromatic carbocycles. The zero-order valence-electron chi connectivity index (χ0n) is 42.5. The van der Waals surface area contributed by atoms with E-state index in [4.69, 9.17) is 56.5 Å². The summed E-state index contributed by atoms with van der Waals surface area (Å²) in [5, 5.41) is 1.93. The van der Waals surface area contributed by atoms with Gasteiger partial charge in [-0.05, 0) is 58.4 Å². The summed E-state index contributed by atoms with van der Waals surface area (Å²) in [6, 6.07) is 49.5. The zero-order valence-corrected chi connectivity index (χ0v) is 43.5. The third kappa shape index (κ3) is 10.5. The van der Waals surface area contributed by atoms with Gasteiger partial charge in [0.05, 0.1) is 31.5 Å². The highest BCUT2D eigenvalue weighted by Crippen LogP contribution is 2.52. The second-order valence-corrected chi connectivity index (χ2v) is 24.4. The van der Waals surface area contributed by atoms with Crippen LogP contribution in [0.5, 0.6) is 0 Å². The van der Waals surface area contributed by atoms with E-state index in [0.29, 0.717) is 18.4 Å². The van der Waals surface area contributed by atoms with E-state index in [1.54, 1.807) is 45.6 Å². The average molecular weight is 1000 g/mol. The number of esters is 1. The van der Waals surface area contributed by atoms with Gasteiger partial charge < -0.3 is 56.5 Å². The second kappa shape index (κ2) is 22.9. The van der Waals surface area contributed by atoms with Gasteiger partial charge in [0.2, 0.25) is 11.6 Å². The van der Waals surface area contributed by atoms with Crippen LogP contribution in [0.15, 0.2) is 152 Å². The number of rotatable bonds is 18. The Morgan fingerprint density at radius 3 is 1.58 bits per heavy atom. The molecule has 4 aliphatic rings. The van der Waals surface area contributed by atoms with Crippen molar-refractivity contribution in [2.75, 3.05) is 27.9 Å². The maximum Gasteiger partial charge on any atom is 0.338 e. The molecule has 384 valence electrons. The van der Waals surface area contributed by atoms with Crippen molar-refractivity contribution in [1.82, 2.24) is 0 Å². The lowest BCUT2D eigenvalue weighted by atomic mass is 9.83. The molecule has 0 bridgehead atoms. The number of hydrogen-bond donors (Lipinski definition) is 0. The number of carbonyl (C=O) groups is 1. The molecule has 5 aromatic rings. The molecule has 1 saturated carbocycles. The highest BCUT2D eigenvalue weighted by Gasteiger charge is 2.68. The van der Waals surface area contributed by atoms with Crippen LogP contribution in [-0.2, 0) is 69.7 Å². The van der Waals surface area contributed by atoms with Crippen LogP contribution in [0, 0.1) is 0 Å². The van der Waals surface area contributed by atoms with Gasteiger partial charge in [-0.25, -0.2) is 4.79 Å². The van der Waals surface area contributed by atoms with Crippen LogP contribution in [0.25, 0.3) is 0 Å². The predicted octanol–water partition coefficient (Wildman–Crippen LogP) is 8.50. The molecular weight excluding hydrogens is 933 g/mol. The summed E-state index contributed by atoms with van der Waals surface area (Å²) in [5.74, 6) is -3.12. The first-order valence-electron chi connectivity index (χ1n) is 25.2. The number of benzene rings is 5. The summed E-state index contributed by atoms with van der Waals surface area (Å²) < 4.78 is 82.6. The Kier molecular flexibility index (Phi) is 16.6. The summed E-state index contributed by atoms with van der Waals surface area (Å²) in [6.07, 6.45) is -6.51. The molecule has 9 rings (SSSR count). The molecule has 3 aliphatic heterocycles. The van der Waals surface area contributed by atoms with Crippen LogP contribution < -0.4 is 10.4 Å². The third-order valence-electron chi connectivity index (χ3n) is 14.7. The second-order valence-electron chi connectivity index (χ2n) is 20.1. The molecule has 0 aromatic heterocycles. The van der Waals surface area contributed by atoms with Gasteiger partial charge in [0.25, 0.3) is 8.32 Å². The molecule has 0 unspecified atom stereocenters. The first kappa shape index (κ1) is 52.2. The summed E-state index contributed by atoms with van der Waals surface area (Å²) in [7, 11) is 1.76. The summed E-state index contributed by atoms with van der Waals surface area (Å²) in [4.78, 5) is 13.9. The Hall–Kier alpha value is -4.65. The quantitative estimate of drug-likeness (QED) is 0.0616. The van der Waals surface area contributed by atoms with Gasteiger partial charge >= 0.3 is 5.97 Å².